The van der Waals surface area contributed by atoms with Crippen molar-refractivity contribution in [3.05, 3.63) is 18.3 Å². The van der Waals surface area contributed by atoms with E-state index in [-0.39, 0.29) is 6.10 Å². The molecule has 1 aliphatic rings. The van der Waals surface area contributed by atoms with Crippen molar-refractivity contribution in [3.8, 4) is 5.75 Å². The average Bonchev–Trinajstić information content (AvgIpc) is 2.46. The molecule has 2 rings (SSSR count). The number of nitrogens with zero attached hydrogens (tertiary/aromatic N) is 2. The first kappa shape index (κ1) is 15.1. The van der Waals surface area contributed by atoms with Gasteiger partial charge >= 0.3 is 0 Å². The molecular weight excluding hydrogens is 250 g/mol. The summed E-state index contributed by atoms with van der Waals surface area (Å²) in [6.45, 7) is 7.42. The normalized spacial score (nSPS) is 21.1. The Bertz CT molecular complexity index is 422. The predicted octanol–water partition coefficient (Wildman–Crippen LogP) is 2.84. The van der Waals surface area contributed by atoms with Crippen molar-refractivity contribution in [2.45, 2.75) is 58.2 Å². The van der Waals surface area contributed by atoms with Gasteiger partial charge in [-0.05, 0) is 59.2 Å². The van der Waals surface area contributed by atoms with E-state index < -0.39 is 0 Å². The lowest BCUT2D eigenvalue weighted by Crippen LogP contribution is -2.50. The minimum atomic E-state index is 0.169. The molecule has 0 bridgehead atoms. The van der Waals surface area contributed by atoms with Crippen LogP contribution in [0.2, 0.25) is 0 Å². The number of likely N-dealkylation sites (N-methyl/N-ethyl adjacent to an activating group) is 1. The molecule has 4 nitrogen and oxygen atoms in total. The first-order valence-corrected chi connectivity index (χ1v) is 7.69. The Labute approximate surface area is 122 Å². The molecule has 1 aliphatic heterocycles. The van der Waals surface area contributed by atoms with E-state index in [9.17, 15) is 0 Å². The van der Waals surface area contributed by atoms with Crippen LogP contribution >= 0.6 is 0 Å². The zero-order valence-corrected chi connectivity index (χ0v) is 13.1. The second-order valence-corrected chi connectivity index (χ2v) is 5.83. The first-order chi connectivity index (χ1) is 9.63. The zero-order chi connectivity index (χ0) is 14.5. The Hall–Kier alpha value is -1.29. The molecule has 0 radical (unpaired) electrons. The van der Waals surface area contributed by atoms with Gasteiger partial charge < -0.3 is 15.0 Å². The zero-order valence-electron chi connectivity index (χ0n) is 13.1. The molecule has 1 N–H and O–H groups in total. The van der Waals surface area contributed by atoms with Crippen LogP contribution in [0.5, 0.6) is 5.75 Å². The maximum Gasteiger partial charge on any atom is 0.171 e. The topological polar surface area (TPSA) is 37.4 Å². The summed E-state index contributed by atoms with van der Waals surface area (Å²) in [7, 11) is 2.03. The highest BCUT2D eigenvalue weighted by atomic mass is 16.5. The lowest BCUT2D eigenvalue weighted by atomic mass is 9.96. The number of hydrogen-bond acceptors (Lipinski definition) is 4. The van der Waals surface area contributed by atoms with Gasteiger partial charge in [-0.15, -0.1) is 0 Å². The van der Waals surface area contributed by atoms with E-state index in [1.165, 1.54) is 19.3 Å². The van der Waals surface area contributed by atoms with E-state index in [0.717, 1.165) is 18.1 Å². The highest BCUT2D eigenvalue weighted by Crippen LogP contribution is 2.32. The SMILES string of the molecule is CNC(C)C1CCCCN1c1ncccc1OC(C)C. The Morgan fingerprint density at radius 3 is 2.85 bits per heavy atom. The van der Waals surface area contributed by atoms with Crippen LogP contribution in [0.4, 0.5) is 5.82 Å². The summed E-state index contributed by atoms with van der Waals surface area (Å²) < 4.78 is 5.94. The lowest BCUT2D eigenvalue weighted by Gasteiger charge is -2.40. The van der Waals surface area contributed by atoms with Gasteiger partial charge in [0.1, 0.15) is 0 Å². The Morgan fingerprint density at radius 2 is 2.15 bits per heavy atom. The van der Waals surface area contributed by atoms with Crippen LogP contribution in [0.15, 0.2) is 18.3 Å². The fourth-order valence-corrected chi connectivity index (χ4v) is 2.88. The third kappa shape index (κ3) is 3.42. The molecule has 0 spiro atoms. The van der Waals surface area contributed by atoms with Crippen molar-refractivity contribution in [2.75, 3.05) is 18.5 Å². The highest BCUT2D eigenvalue weighted by molar-refractivity contribution is 5.53. The molecule has 2 unspecified atom stereocenters. The first-order valence-electron chi connectivity index (χ1n) is 7.69. The van der Waals surface area contributed by atoms with Gasteiger partial charge in [-0.25, -0.2) is 4.98 Å². The largest absolute Gasteiger partial charge is 0.487 e. The molecule has 2 atom stereocenters. The maximum absolute atomic E-state index is 5.94. The molecule has 0 saturated carbocycles. The average molecular weight is 277 g/mol. The maximum atomic E-state index is 5.94. The van der Waals surface area contributed by atoms with Crippen LogP contribution in [0.1, 0.15) is 40.0 Å². The molecule has 1 aromatic heterocycles. The number of nitrogens with one attached hydrogen (secondary N) is 1. The van der Waals surface area contributed by atoms with Gasteiger partial charge in [-0.1, -0.05) is 0 Å². The number of pyridine rings is 1. The number of hydrogen-bond donors (Lipinski definition) is 1. The lowest BCUT2D eigenvalue weighted by molar-refractivity contribution is 0.240. The fraction of sp³-hybridized carbons (Fsp3) is 0.688. The number of anilines is 1. The monoisotopic (exact) mass is 277 g/mol. The smallest absolute Gasteiger partial charge is 0.171 e. The van der Waals surface area contributed by atoms with Crippen molar-refractivity contribution in [2.24, 2.45) is 0 Å². The molecule has 2 heterocycles. The molecule has 20 heavy (non-hydrogen) atoms. The van der Waals surface area contributed by atoms with Gasteiger partial charge in [-0.2, -0.15) is 0 Å². The molecule has 0 aliphatic carbocycles. The van der Waals surface area contributed by atoms with Crippen LogP contribution in [0.3, 0.4) is 0 Å². The number of ether oxygens (including phenoxy) is 1. The van der Waals surface area contributed by atoms with Gasteiger partial charge in [0, 0.05) is 24.8 Å². The minimum absolute atomic E-state index is 0.169. The van der Waals surface area contributed by atoms with E-state index in [1.807, 2.05) is 25.4 Å². The van der Waals surface area contributed by atoms with Crippen LogP contribution < -0.4 is 15.0 Å². The Balaban J connectivity index is 2.27. The van der Waals surface area contributed by atoms with Crippen molar-refractivity contribution in [1.82, 2.24) is 10.3 Å². The summed E-state index contributed by atoms with van der Waals surface area (Å²) in [6.07, 6.45) is 5.76. The van der Waals surface area contributed by atoms with Crippen molar-refractivity contribution < 1.29 is 4.74 Å². The molecule has 1 saturated heterocycles. The third-order valence-corrected chi connectivity index (χ3v) is 3.97. The van der Waals surface area contributed by atoms with Crippen LogP contribution in [-0.2, 0) is 0 Å². The molecule has 112 valence electrons. The van der Waals surface area contributed by atoms with Crippen LogP contribution in [0, 0.1) is 0 Å². The number of rotatable bonds is 5. The van der Waals surface area contributed by atoms with Crippen LogP contribution in [0.25, 0.3) is 0 Å². The minimum Gasteiger partial charge on any atom is -0.487 e. The van der Waals surface area contributed by atoms with Crippen molar-refractivity contribution >= 4 is 5.82 Å². The summed E-state index contributed by atoms with van der Waals surface area (Å²) >= 11 is 0. The summed E-state index contributed by atoms with van der Waals surface area (Å²) in [5.41, 5.74) is 0. The van der Waals surface area contributed by atoms with Crippen LogP contribution in [-0.4, -0.2) is 36.8 Å². The quantitative estimate of drug-likeness (QED) is 0.898. The van der Waals surface area contributed by atoms with Gasteiger partial charge in [0.2, 0.25) is 0 Å². The molecule has 1 aromatic rings. The van der Waals surface area contributed by atoms with E-state index in [1.54, 1.807) is 0 Å². The fourth-order valence-electron chi connectivity index (χ4n) is 2.88. The van der Waals surface area contributed by atoms with Crippen molar-refractivity contribution in [3.63, 3.8) is 0 Å². The summed E-state index contributed by atoms with van der Waals surface area (Å²) in [4.78, 5) is 7.01. The van der Waals surface area contributed by atoms with Gasteiger partial charge in [-0.3, -0.25) is 0 Å². The van der Waals surface area contributed by atoms with Gasteiger partial charge in [0.25, 0.3) is 0 Å². The van der Waals surface area contributed by atoms with E-state index in [4.69, 9.17) is 4.74 Å². The van der Waals surface area contributed by atoms with E-state index >= 15 is 0 Å². The molecule has 1 fully saturated rings. The number of aromatic nitrogens is 1. The predicted molar refractivity (Wildman–Crippen MR) is 83.5 cm³/mol. The summed E-state index contributed by atoms with van der Waals surface area (Å²) in [6, 6.07) is 4.90. The highest BCUT2D eigenvalue weighted by Gasteiger charge is 2.29. The van der Waals surface area contributed by atoms with E-state index in [0.29, 0.717) is 12.1 Å². The standard InChI is InChI=1S/C16H27N3O/c1-12(2)20-15-9-7-10-18-16(15)19-11-6-5-8-14(19)13(3)17-4/h7,9-10,12-14,17H,5-6,8,11H2,1-4H3. The van der Waals surface area contributed by atoms with E-state index in [2.05, 4.69) is 36.0 Å². The summed E-state index contributed by atoms with van der Waals surface area (Å²) in [5.74, 6) is 1.89. The molecule has 0 aromatic carbocycles. The second kappa shape index (κ2) is 6.93. The Morgan fingerprint density at radius 1 is 1.35 bits per heavy atom. The third-order valence-electron chi connectivity index (χ3n) is 3.97. The van der Waals surface area contributed by atoms with Gasteiger partial charge in [0.05, 0.1) is 6.10 Å². The Kier molecular flexibility index (Phi) is 5.24. The molecule has 4 heteroatoms. The van der Waals surface area contributed by atoms with Gasteiger partial charge in [0.15, 0.2) is 11.6 Å². The number of piperidine rings is 1. The molecule has 0 amide bonds. The van der Waals surface area contributed by atoms with Crippen molar-refractivity contribution in [1.29, 1.82) is 0 Å². The second-order valence-electron chi connectivity index (χ2n) is 5.83. The molecular formula is C16H27N3O. The summed E-state index contributed by atoms with van der Waals surface area (Å²) in [5, 5.41) is 3.38.